The number of hydrogen-bond donors (Lipinski definition) is 3. The van der Waals surface area contributed by atoms with Crippen molar-refractivity contribution < 1.29 is 14.0 Å². The lowest BCUT2D eigenvalue weighted by Crippen LogP contribution is -2.35. The number of hydrogen-bond acceptors (Lipinski definition) is 4. The SMILES string of the molecule is CC(=O)C1CNC(C(=O)Nc2ccc3nc(-c4cccc(F)c4)[nH]c3c2)C1.Cl. The van der Waals surface area contributed by atoms with Crippen LogP contribution >= 0.6 is 12.4 Å². The van der Waals surface area contributed by atoms with Gasteiger partial charge < -0.3 is 15.6 Å². The summed E-state index contributed by atoms with van der Waals surface area (Å²) in [6.07, 6.45) is 0.511. The summed E-state index contributed by atoms with van der Waals surface area (Å²) in [5, 5.41) is 5.96. The third kappa shape index (κ3) is 4.05. The Labute approximate surface area is 167 Å². The van der Waals surface area contributed by atoms with Gasteiger partial charge in [-0.05, 0) is 43.7 Å². The number of imidazole rings is 1. The summed E-state index contributed by atoms with van der Waals surface area (Å²) in [4.78, 5) is 31.5. The summed E-state index contributed by atoms with van der Waals surface area (Å²) in [7, 11) is 0. The molecule has 1 fully saturated rings. The number of halogens is 2. The molecule has 0 aliphatic carbocycles. The second-order valence-electron chi connectivity index (χ2n) is 6.82. The molecule has 1 aromatic heterocycles. The fourth-order valence-corrected chi connectivity index (χ4v) is 3.33. The first-order chi connectivity index (χ1) is 13.0. The summed E-state index contributed by atoms with van der Waals surface area (Å²) in [6.45, 7) is 2.08. The molecule has 2 aromatic carbocycles. The summed E-state index contributed by atoms with van der Waals surface area (Å²) >= 11 is 0. The van der Waals surface area contributed by atoms with Crippen LogP contribution in [0.4, 0.5) is 10.1 Å². The van der Waals surface area contributed by atoms with E-state index in [9.17, 15) is 14.0 Å². The minimum atomic E-state index is -0.376. The molecule has 2 unspecified atom stereocenters. The maximum atomic E-state index is 13.4. The monoisotopic (exact) mass is 402 g/mol. The molecule has 1 aliphatic heterocycles. The second kappa shape index (κ2) is 8.08. The average molecular weight is 403 g/mol. The van der Waals surface area contributed by atoms with Gasteiger partial charge in [-0.3, -0.25) is 9.59 Å². The van der Waals surface area contributed by atoms with E-state index in [-0.39, 0.29) is 41.9 Å². The van der Waals surface area contributed by atoms with Crippen LogP contribution in [0.25, 0.3) is 22.4 Å². The van der Waals surface area contributed by atoms with E-state index in [1.165, 1.54) is 12.1 Å². The van der Waals surface area contributed by atoms with E-state index in [2.05, 4.69) is 20.6 Å². The van der Waals surface area contributed by atoms with Crippen LogP contribution in [0.3, 0.4) is 0 Å². The van der Waals surface area contributed by atoms with Gasteiger partial charge in [0.15, 0.2) is 0 Å². The zero-order valence-electron chi connectivity index (χ0n) is 15.2. The van der Waals surface area contributed by atoms with Gasteiger partial charge in [-0.2, -0.15) is 0 Å². The quantitative estimate of drug-likeness (QED) is 0.625. The van der Waals surface area contributed by atoms with Crippen molar-refractivity contribution in [2.75, 3.05) is 11.9 Å². The number of fused-ring (bicyclic) bond motifs is 1. The highest BCUT2D eigenvalue weighted by Gasteiger charge is 2.31. The predicted octanol–water partition coefficient (Wildman–Crippen LogP) is 3.30. The van der Waals surface area contributed by atoms with Crippen LogP contribution in [0.1, 0.15) is 13.3 Å². The number of nitrogens with one attached hydrogen (secondary N) is 3. The van der Waals surface area contributed by atoms with Gasteiger partial charge >= 0.3 is 0 Å². The van der Waals surface area contributed by atoms with Crippen LogP contribution in [0.5, 0.6) is 0 Å². The first-order valence-corrected chi connectivity index (χ1v) is 8.80. The Bertz CT molecular complexity index is 1040. The maximum Gasteiger partial charge on any atom is 0.241 e. The van der Waals surface area contributed by atoms with Crippen LogP contribution < -0.4 is 10.6 Å². The highest BCUT2D eigenvalue weighted by molar-refractivity contribution is 5.97. The van der Waals surface area contributed by atoms with Crippen molar-refractivity contribution in [3.63, 3.8) is 0 Å². The number of amides is 1. The van der Waals surface area contributed by atoms with Gasteiger partial charge in [-0.1, -0.05) is 12.1 Å². The van der Waals surface area contributed by atoms with Crippen LogP contribution in [0.2, 0.25) is 0 Å². The minimum Gasteiger partial charge on any atom is -0.338 e. The Morgan fingerprint density at radius 1 is 1.21 bits per heavy atom. The fourth-order valence-electron chi connectivity index (χ4n) is 3.33. The molecule has 6 nitrogen and oxygen atoms in total. The normalized spacial score (nSPS) is 18.6. The molecule has 0 bridgehead atoms. The van der Waals surface area contributed by atoms with E-state index in [1.807, 2.05) is 0 Å². The van der Waals surface area contributed by atoms with Crippen LogP contribution in [0, 0.1) is 11.7 Å². The van der Waals surface area contributed by atoms with Gasteiger partial charge in [0.25, 0.3) is 0 Å². The number of Topliss-reactive ketones (excluding diaryl/α,β-unsaturated/α-hetero) is 1. The molecular formula is C20H20ClFN4O2. The fraction of sp³-hybridized carbons (Fsp3) is 0.250. The Kier molecular flexibility index (Phi) is 5.76. The van der Waals surface area contributed by atoms with Crippen molar-refractivity contribution in [3.8, 4) is 11.4 Å². The lowest BCUT2D eigenvalue weighted by atomic mass is 10.0. The second-order valence-corrected chi connectivity index (χ2v) is 6.82. The van der Waals surface area contributed by atoms with Crippen molar-refractivity contribution >= 4 is 40.8 Å². The maximum absolute atomic E-state index is 13.4. The summed E-state index contributed by atoms with van der Waals surface area (Å²) < 4.78 is 13.4. The number of ketones is 1. The van der Waals surface area contributed by atoms with Gasteiger partial charge in [-0.25, -0.2) is 9.37 Å². The van der Waals surface area contributed by atoms with Crippen LogP contribution in [0.15, 0.2) is 42.5 Å². The number of carbonyl (C=O) groups is 2. The zero-order chi connectivity index (χ0) is 19.0. The number of rotatable bonds is 4. The Morgan fingerprint density at radius 2 is 2.04 bits per heavy atom. The molecule has 1 saturated heterocycles. The van der Waals surface area contributed by atoms with E-state index in [1.54, 1.807) is 37.3 Å². The number of H-pyrrole nitrogens is 1. The molecule has 2 heterocycles. The van der Waals surface area contributed by atoms with Gasteiger partial charge in [0, 0.05) is 23.7 Å². The van der Waals surface area contributed by atoms with Gasteiger partial charge in [-0.15, -0.1) is 12.4 Å². The highest BCUT2D eigenvalue weighted by Crippen LogP contribution is 2.24. The van der Waals surface area contributed by atoms with Crippen LogP contribution in [-0.4, -0.2) is 34.2 Å². The number of nitrogens with zero attached hydrogens (tertiary/aromatic N) is 1. The first-order valence-electron chi connectivity index (χ1n) is 8.80. The number of aromatic amines is 1. The summed E-state index contributed by atoms with van der Waals surface area (Å²) in [5.74, 6) is 0.0674. The third-order valence-corrected chi connectivity index (χ3v) is 4.87. The number of aromatic nitrogens is 2. The van der Waals surface area contributed by atoms with E-state index in [0.29, 0.717) is 30.0 Å². The molecule has 1 aliphatic rings. The summed E-state index contributed by atoms with van der Waals surface area (Å²) in [6, 6.07) is 11.2. The number of anilines is 1. The van der Waals surface area contributed by atoms with Crippen molar-refractivity contribution in [1.82, 2.24) is 15.3 Å². The molecule has 8 heteroatoms. The minimum absolute atomic E-state index is 0. The molecule has 3 N–H and O–H groups in total. The largest absolute Gasteiger partial charge is 0.338 e. The van der Waals surface area contributed by atoms with E-state index in [0.717, 1.165) is 11.0 Å². The molecular weight excluding hydrogens is 383 g/mol. The molecule has 0 spiro atoms. The van der Waals surface area contributed by atoms with Crippen molar-refractivity contribution in [2.45, 2.75) is 19.4 Å². The zero-order valence-corrected chi connectivity index (χ0v) is 16.0. The predicted molar refractivity (Wildman–Crippen MR) is 108 cm³/mol. The van der Waals surface area contributed by atoms with Crippen molar-refractivity contribution in [3.05, 3.63) is 48.3 Å². The van der Waals surface area contributed by atoms with Gasteiger partial charge in [0.2, 0.25) is 5.91 Å². The summed E-state index contributed by atoms with van der Waals surface area (Å²) in [5.41, 5.74) is 2.76. The Hall–Kier alpha value is -2.77. The Balaban J connectivity index is 0.00000225. The van der Waals surface area contributed by atoms with Gasteiger partial charge in [0.05, 0.1) is 17.1 Å². The third-order valence-electron chi connectivity index (χ3n) is 4.87. The van der Waals surface area contributed by atoms with Crippen LogP contribution in [-0.2, 0) is 9.59 Å². The molecule has 3 aromatic rings. The van der Waals surface area contributed by atoms with Crippen molar-refractivity contribution in [1.29, 1.82) is 0 Å². The average Bonchev–Trinajstić information content (AvgIpc) is 3.28. The first kappa shape index (κ1) is 20.0. The standard InChI is InChI=1S/C20H19FN4O2.ClH/c1-11(26)13-8-18(22-10-13)20(27)23-15-5-6-16-17(9-15)25-19(24-16)12-3-2-4-14(21)7-12;/h2-7,9,13,18,22H,8,10H2,1H3,(H,23,27)(H,24,25);1H. The molecule has 2 atom stereocenters. The lowest BCUT2D eigenvalue weighted by molar-refractivity contribution is -0.120. The highest BCUT2D eigenvalue weighted by atomic mass is 35.5. The Morgan fingerprint density at radius 3 is 2.75 bits per heavy atom. The van der Waals surface area contributed by atoms with E-state index in [4.69, 9.17) is 0 Å². The molecule has 0 saturated carbocycles. The lowest BCUT2D eigenvalue weighted by Gasteiger charge is -2.11. The smallest absolute Gasteiger partial charge is 0.241 e. The van der Waals surface area contributed by atoms with Crippen molar-refractivity contribution in [2.24, 2.45) is 5.92 Å². The number of benzene rings is 2. The molecule has 4 rings (SSSR count). The number of carbonyl (C=O) groups excluding carboxylic acids is 2. The molecule has 28 heavy (non-hydrogen) atoms. The van der Waals surface area contributed by atoms with E-state index >= 15 is 0 Å². The molecule has 1 amide bonds. The molecule has 0 radical (unpaired) electrons. The molecule has 146 valence electrons. The topological polar surface area (TPSA) is 86.9 Å². The van der Waals surface area contributed by atoms with E-state index < -0.39 is 0 Å². The van der Waals surface area contributed by atoms with Gasteiger partial charge in [0.1, 0.15) is 17.4 Å².